The Labute approximate surface area is 107 Å². The number of amides is 1. The van der Waals surface area contributed by atoms with Crippen molar-refractivity contribution in [3.8, 4) is 0 Å². The van der Waals surface area contributed by atoms with Crippen LogP contribution in [-0.4, -0.2) is 38.7 Å². The number of carbonyl (C=O) groups excluding carboxylic acids is 1. The summed E-state index contributed by atoms with van der Waals surface area (Å²) in [7, 11) is 3.51. The van der Waals surface area contributed by atoms with Crippen molar-refractivity contribution >= 4 is 23.1 Å². The first kappa shape index (κ1) is 13.6. The monoisotopic (exact) mass is 254 g/mol. The molecule has 0 aromatic carbocycles. The van der Waals surface area contributed by atoms with Crippen LogP contribution >= 0.6 is 12.2 Å². The number of thiocarbonyl (C=S) groups is 1. The van der Waals surface area contributed by atoms with Crippen LogP contribution in [0.3, 0.4) is 0 Å². The number of aryl methyl sites for hydroxylation is 2. The van der Waals surface area contributed by atoms with Gasteiger partial charge in [-0.2, -0.15) is 5.10 Å². The quantitative estimate of drug-likeness (QED) is 0.810. The van der Waals surface area contributed by atoms with Gasteiger partial charge in [0.15, 0.2) is 0 Å². The molecule has 0 saturated heterocycles. The third-order valence-electron chi connectivity index (χ3n) is 3.04. The van der Waals surface area contributed by atoms with Gasteiger partial charge in [-0.1, -0.05) is 12.2 Å². The molecule has 0 radical (unpaired) electrons. The zero-order chi connectivity index (χ0) is 13.3. The SMILES string of the molecule is Cc1nn(C)c(C)c1C(=O)N(C)C(C)C(N)=S. The number of nitrogens with two attached hydrogens (primary N) is 1. The second-order valence-corrected chi connectivity index (χ2v) is 4.64. The number of hydrogen-bond donors (Lipinski definition) is 1. The minimum Gasteiger partial charge on any atom is -0.392 e. The first-order valence-corrected chi connectivity index (χ1v) is 5.74. The first-order valence-electron chi connectivity index (χ1n) is 5.34. The molecule has 0 spiro atoms. The lowest BCUT2D eigenvalue weighted by Gasteiger charge is -2.24. The van der Waals surface area contributed by atoms with E-state index in [1.54, 1.807) is 23.6 Å². The van der Waals surface area contributed by atoms with Crippen LogP contribution in [-0.2, 0) is 7.05 Å². The van der Waals surface area contributed by atoms with Gasteiger partial charge in [0.1, 0.15) is 0 Å². The van der Waals surface area contributed by atoms with Crippen molar-refractivity contribution in [2.24, 2.45) is 12.8 Å². The van der Waals surface area contributed by atoms with Crippen molar-refractivity contribution < 1.29 is 4.79 Å². The highest BCUT2D eigenvalue weighted by molar-refractivity contribution is 7.80. The van der Waals surface area contributed by atoms with Gasteiger partial charge in [-0.15, -0.1) is 0 Å². The molecule has 5 nitrogen and oxygen atoms in total. The number of carbonyl (C=O) groups is 1. The van der Waals surface area contributed by atoms with Crippen LogP contribution < -0.4 is 5.73 Å². The third kappa shape index (κ3) is 2.46. The highest BCUT2D eigenvalue weighted by atomic mass is 32.1. The summed E-state index contributed by atoms with van der Waals surface area (Å²) in [6.07, 6.45) is 0. The van der Waals surface area contributed by atoms with Gasteiger partial charge >= 0.3 is 0 Å². The normalized spacial score (nSPS) is 12.3. The highest BCUT2D eigenvalue weighted by Crippen LogP contribution is 2.15. The standard InChI is InChI=1S/C11H18N4OS/c1-6-9(7(2)15(5)13-6)11(16)14(4)8(3)10(12)17/h8H,1-5H3,(H2,12,17). The average molecular weight is 254 g/mol. The maximum Gasteiger partial charge on any atom is 0.257 e. The maximum atomic E-state index is 12.3. The second-order valence-electron chi connectivity index (χ2n) is 4.16. The summed E-state index contributed by atoms with van der Waals surface area (Å²) in [4.78, 5) is 14.1. The Kier molecular flexibility index (Phi) is 3.87. The van der Waals surface area contributed by atoms with Crippen molar-refractivity contribution in [2.45, 2.75) is 26.8 Å². The fraction of sp³-hybridized carbons (Fsp3) is 0.545. The van der Waals surface area contributed by atoms with E-state index in [1.807, 2.05) is 20.9 Å². The lowest BCUT2D eigenvalue weighted by Crippen LogP contribution is -2.43. The first-order chi connectivity index (χ1) is 7.77. The Balaban J connectivity index is 3.09. The zero-order valence-corrected chi connectivity index (χ0v) is 11.6. The summed E-state index contributed by atoms with van der Waals surface area (Å²) < 4.78 is 1.70. The molecular weight excluding hydrogens is 236 g/mol. The lowest BCUT2D eigenvalue weighted by molar-refractivity contribution is 0.0777. The molecule has 17 heavy (non-hydrogen) atoms. The highest BCUT2D eigenvalue weighted by Gasteiger charge is 2.24. The van der Waals surface area contributed by atoms with E-state index in [2.05, 4.69) is 5.10 Å². The van der Waals surface area contributed by atoms with Crippen molar-refractivity contribution in [2.75, 3.05) is 7.05 Å². The Hall–Kier alpha value is -1.43. The Morgan fingerprint density at radius 1 is 1.53 bits per heavy atom. The third-order valence-corrected chi connectivity index (χ3v) is 3.38. The van der Waals surface area contributed by atoms with Gasteiger partial charge in [0.2, 0.25) is 0 Å². The largest absolute Gasteiger partial charge is 0.392 e. The summed E-state index contributed by atoms with van der Waals surface area (Å²) >= 11 is 4.90. The van der Waals surface area contributed by atoms with E-state index in [9.17, 15) is 4.79 Å². The van der Waals surface area contributed by atoms with Crippen LogP contribution in [0.1, 0.15) is 28.7 Å². The van der Waals surface area contributed by atoms with Gasteiger partial charge in [-0.05, 0) is 20.8 Å². The van der Waals surface area contributed by atoms with E-state index in [0.29, 0.717) is 10.6 Å². The summed E-state index contributed by atoms with van der Waals surface area (Å²) in [6.45, 7) is 5.49. The molecule has 1 aromatic heterocycles. The summed E-state index contributed by atoms with van der Waals surface area (Å²) in [5.41, 5.74) is 7.74. The van der Waals surface area contributed by atoms with Gasteiger partial charge in [-0.25, -0.2) is 0 Å². The molecular formula is C11H18N4OS. The van der Waals surface area contributed by atoms with Gasteiger partial charge in [0, 0.05) is 19.8 Å². The average Bonchev–Trinajstić information content (AvgIpc) is 2.50. The number of likely N-dealkylation sites (N-methyl/N-ethyl adjacent to an activating group) is 1. The van der Waals surface area contributed by atoms with E-state index in [0.717, 1.165) is 11.4 Å². The summed E-state index contributed by atoms with van der Waals surface area (Å²) in [6, 6.07) is -0.267. The summed E-state index contributed by atoms with van der Waals surface area (Å²) in [5, 5.41) is 4.22. The molecule has 94 valence electrons. The molecule has 0 bridgehead atoms. The predicted octanol–water partition coefficient (Wildman–Crippen LogP) is 0.784. The molecule has 1 unspecified atom stereocenters. The van der Waals surface area contributed by atoms with Gasteiger partial charge in [-0.3, -0.25) is 9.48 Å². The molecule has 0 saturated carbocycles. The van der Waals surface area contributed by atoms with Crippen LogP contribution in [0.5, 0.6) is 0 Å². The van der Waals surface area contributed by atoms with Crippen LogP contribution in [0.15, 0.2) is 0 Å². The molecule has 0 aliphatic rings. The molecule has 1 aromatic rings. The maximum absolute atomic E-state index is 12.3. The topological polar surface area (TPSA) is 64.2 Å². The van der Waals surface area contributed by atoms with Crippen LogP contribution in [0.4, 0.5) is 0 Å². The van der Waals surface area contributed by atoms with Gasteiger partial charge in [0.05, 0.1) is 22.3 Å². The molecule has 2 N–H and O–H groups in total. The molecule has 0 fully saturated rings. The molecule has 6 heteroatoms. The van der Waals surface area contributed by atoms with E-state index >= 15 is 0 Å². The lowest BCUT2D eigenvalue weighted by atomic mass is 10.1. The fourth-order valence-corrected chi connectivity index (χ4v) is 1.78. The minimum absolute atomic E-state index is 0.103. The van der Waals surface area contributed by atoms with Crippen LogP contribution in [0, 0.1) is 13.8 Å². The number of aromatic nitrogens is 2. The minimum atomic E-state index is -0.267. The Morgan fingerprint density at radius 2 is 2.06 bits per heavy atom. The smallest absolute Gasteiger partial charge is 0.257 e. The molecule has 0 aliphatic carbocycles. The number of rotatable bonds is 3. The molecule has 1 heterocycles. The summed E-state index contributed by atoms with van der Waals surface area (Å²) in [5.74, 6) is -0.103. The van der Waals surface area contributed by atoms with Crippen LogP contribution in [0.2, 0.25) is 0 Å². The van der Waals surface area contributed by atoms with Crippen molar-refractivity contribution in [1.29, 1.82) is 0 Å². The fourth-order valence-electron chi connectivity index (χ4n) is 1.63. The molecule has 1 rings (SSSR count). The molecule has 1 amide bonds. The second kappa shape index (κ2) is 4.83. The van der Waals surface area contributed by atoms with Crippen molar-refractivity contribution in [3.05, 3.63) is 17.0 Å². The zero-order valence-electron chi connectivity index (χ0n) is 10.8. The number of nitrogens with zero attached hydrogens (tertiary/aromatic N) is 3. The van der Waals surface area contributed by atoms with Crippen LogP contribution in [0.25, 0.3) is 0 Å². The molecule has 1 atom stereocenters. The van der Waals surface area contributed by atoms with Crippen molar-refractivity contribution in [3.63, 3.8) is 0 Å². The van der Waals surface area contributed by atoms with E-state index < -0.39 is 0 Å². The van der Waals surface area contributed by atoms with Gasteiger partial charge < -0.3 is 10.6 Å². The predicted molar refractivity (Wildman–Crippen MR) is 71.0 cm³/mol. The van der Waals surface area contributed by atoms with E-state index in [-0.39, 0.29) is 11.9 Å². The van der Waals surface area contributed by atoms with E-state index in [1.165, 1.54) is 0 Å². The Morgan fingerprint density at radius 3 is 2.41 bits per heavy atom. The van der Waals surface area contributed by atoms with Gasteiger partial charge in [0.25, 0.3) is 5.91 Å². The Bertz CT molecular complexity index is 466. The molecule has 0 aliphatic heterocycles. The van der Waals surface area contributed by atoms with Crippen molar-refractivity contribution in [1.82, 2.24) is 14.7 Å². The van der Waals surface area contributed by atoms with E-state index in [4.69, 9.17) is 18.0 Å². The number of hydrogen-bond acceptors (Lipinski definition) is 3.